The maximum atomic E-state index is 13.3. The van der Waals surface area contributed by atoms with Crippen molar-refractivity contribution in [3.63, 3.8) is 0 Å². The standard InChI is InChI=1S/C25H26N4O3S/c1-2-25(18-10-4-3-5-11-18)23(31)29(24(32)27-25)16-21(30)28-14-8-9-17(15-28)22-26-19-12-6-7-13-20(19)33-22/h3-7,10-13,17H,2,8-9,14-16H2,1H3,(H,27,32)/t17-,25-/m1/s1. The molecule has 7 nitrogen and oxygen atoms in total. The first-order valence-corrected chi connectivity index (χ1v) is 12.2. The highest BCUT2D eigenvalue weighted by molar-refractivity contribution is 7.18. The van der Waals surface area contributed by atoms with Crippen LogP contribution in [0.15, 0.2) is 54.6 Å². The lowest BCUT2D eigenvalue weighted by Gasteiger charge is -2.32. The Hall–Kier alpha value is -3.26. The Morgan fingerprint density at radius 2 is 1.91 bits per heavy atom. The maximum Gasteiger partial charge on any atom is 0.325 e. The predicted octanol–water partition coefficient (Wildman–Crippen LogP) is 3.86. The number of benzene rings is 2. The van der Waals surface area contributed by atoms with Gasteiger partial charge < -0.3 is 10.2 Å². The van der Waals surface area contributed by atoms with E-state index < -0.39 is 11.6 Å². The molecule has 0 aliphatic carbocycles. The lowest BCUT2D eigenvalue weighted by molar-refractivity contribution is -0.140. The molecule has 2 fully saturated rings. The Labute approximate surface area is 196 Å². The largest absolute Gasteiger partial charge is 0.340 e. The van der Waals surface area contributed by atoms with Gasteiger partial charge in [-0.2, -0.15) is 0 Å². The van der Waals surface area contributed by atoms with Crippen LogP contribution in [-0.4, -0.2) is 52.3 Å². The van der Waals surface area contributed by atoms with Crippen molar-refractivity contribution < 1.29 is 14.4 Å². The molecular weight excluding hydrogens is 436 g/mol. The molecule has 33 heavy (non-hydrogen) atoms. The van der Waals surface area contributed by atoms with Crippen LogP contribution in [0, 0.1) is 0 Å². The molecule has 2 saturated heterocycles. The summed E-state index contributed by atoms with van der Waals surface area (Å²) in [6, 6.07) is 16.8. The number of likely N-dealkylation sites (tertiary alicyclic amines) is 1. The van der Waals surface area contributed by atoms with Crippen molar-refractivity contribution in [2.75, 3.05) is 19.6 Å². The number of thiazole rings is 1. The van der Waals surface area contributed by atoms with Crippen LogP contribution in [0.25, 0.3) is 10.2 Å². The Kier molecular flexibility index (Phi) is 5.62. The zero-order chi connectivity index (χ0) is 23.0. The van der Waals surface area contributed by atoms with Crippen LogP contribution in [0.4, 0.5) is 4.79 Å². The molecule has 4 amide bonds. The van der Waals surface area contributed by atoms with E-state index in [9.17, 15) is 14.4 Å². The normalized spacial score (nSPS) is 23.2. The lowest BCUT2D eigenvalue weighted by atomic mass is 9.87. The van der Waals surface area contributed by atoms with Gasteiger partial charge in [-0.25, -0.2) is 9.78 Å². The molecule has 2 aliphatic heterocycles. The van der Waals surface area contributed by atoms with Crippen LogP contribution in [0.1, 0.15) is 42.7 Å². The number of amides is 4. The molecule has 0 spiro atoms. The summed E-state index contributed by atoms with van der Waals surface area (Å²) in [5.74, 6) is -0.402. The van der Waals surface area contributed by atoms with E-state index in [4.69, 9.17) is 4.98 Å². The van der Waals surface area contributed by atoms with Gasteiger partial charge in [0.05, 0.1) is 15.2 Å². The molecule has 2 aliphatic rings. The van der Waals surface area contributed by atoms with Gasteiger partial charge in [-0.3, -0.25) is 14.5 Å². The van der Waals surface area contributed by atoms with Gasteiger partial charge in [-0.1, -0.05) is 49.4 Å². The van der Waals surface area contributed by atoms with Crippen molar-refractivity contribution in [1.82, 2.24) is 20.1 Å². The third-order valence-corrected chi connectivity index (χ3v) is 7.90. The van der Waals surface area contributed by atoms with Crippen molar-refractivity contribution in [3.8, 4) is 0 Å². The van der Waals surface area contributed by atoms with Gasteiger partial charge in [0.2, 0.25) is 5.91 Å². The summed E-state index contributed by atoms with van der Waals surface area (Å²) in [6.45, 7) is 2.80. The smallest absolute Gasteiger partial charge is 0.325 e. The fraction of sp³-hybridized carbons (Fsp3) is 0.360. The monoisotopic (exact) mass is 462 g/mol. The third kappa shape index (κ3) is 3.78. The Bertz CT molecular complexity index is 1180. The minimum absolute atomic E-state index is 0.169. The van der Waals surface area contributed by atoms with E-state index >= 15 is 0 Å². The first-order chi connectivity index (χ1) is 16.0. The number of para-hydroxylation sites is 1. The minimum atomic E-state index is -1.12. The molecule has 170 valence electrons. The van der Waals surface area contributed by atoms with Gasteiger partial charge in [-0.05, 0) is 37.0 Å². The van der Waals surface area contributed by atoms with Gasteiger partial charge >= 0.3 is 6.03 Å². The quantitative estimate of drug-likeness (QED) is 0.584. The molecule has 0 unspecified atom stereocenters. The summed E-state index contributed by atoms with van der Waals surface area (Å²) in [5.41, 5.74) is 0.594. The van der Waals surface area contributed by atoms with Crippen molar-refractivity contribution in [2.45, 2.75) is 37.6 Å². The van der Waals surface area contributed by atoms with Crippen LogP contribution in [0.3, 0.4) is 0 Å². The topological polar surface area (TPSA) is 82.6 Å². The summed E-state index contributed by atoms with van der Waals surface area (Å²) in [4.78, 5) is 46.9. The average molecular weight is 463 g/mol. The Balaban J connectivity index is 1.30. The number of rotatable bonds is 5. The fourth-order valence-electron chi connectivity index (χ4n) is 4.84. The molecule has 1 N–H and O–H groups in total. The highest BCUT2D eigenvalue weighted by Gasteiger charge is 2.51. The molecule has 0 saturated carbocycles. The van der Waals surface area contributed by atoms with Crippen LogP contribution < -0.4 is 5.32 Å². The Morgan fingerprint density at radius 1 is 1.15 bits per heavy atom. The second kappa shape index (κ2) is 8.59. The number of hydrogen-bond acceptors (Lipinski definition) is 5. The van der Waals surface area contributed by atoms with E-state index in [1.807, 2.05) is 55.5 Å². The predicted molar refractivity (Wildman–Crippen MR) is 127 cm³/mol. The number of carbonyl (C=O) groups excluding carboxylic acids is 3. The van der Waals surface area contributed by atoms with Crippen LogP contribution in [-0.2, 0) is 15.1 Å². The number of carbonyl (C=O) groups is 3. The number of fused-ring (bicyclic) bond motifs is 1. The number of nitrogens with one attached hydrogen (secondary N) is 1. The molecule has 2 atom stereocenters. The van der Waals surface area contributed by atoms with Crippen molar-refractivity contribution in [1.29, 1.82) is 0 Å². The molecule has 5 rings (SSSR count). The SMILES string of the molecule is CC[C@]1(c2ccccc2)NC(=O)N(CC(=O)N2CCC[C@@H](c3nc4ccccc4s3)C2)C1=O. The summed E-state index contributed by atoms with van der Waals surface area (Å²) < 4.78 is 1.15. The van der Waals surface area contributed by atoms with Gasteiger partial charge in [0.15, 0.2) is 0 Å². The van der Waals surface area contributed by atoms with Crippen LogP contribution >= 0.6 is 11.3 Å². The first kappa shape index (κ1) is 21.6. The van der Waals surface area contributed by atoms with E-state index in [2.05, 4.69) is 11.4 Å². The van der Waals surface area contributed by atoms with Crippen molar-refractivity contribution in [2.24, 2.45) is 0 Å². The number of imide groups is 1. The number of piperidine rings is 1. The van der Waals surface area contributed by atoms with E-state index in [-0.39, 0.29) is 24.3 Å². The van der Waals surface area contributed by atoms with Crippen LogP contribution in [0.5, 0.6) is 0 Å². The second-order valence-electron chi connectivity index (χ2n) is 8.65. The zero-order valence-electron chi connectivity index (χ0n) is 18.5. The molecule has 0 bridgehead atoms. The first-order valence-electron chi connectivity index (χ1n) is 11.3. The van der Waals surface area contributed by atoms with Gasteiger partial charge in [-0.15, -0.1) is 11.3 Å². The second-order valence-corrected chi connectivity index (χ2v) is 9.71. The lowest BCUT2D eigenvalue weighted by Crippen LogP contribution is -2.47. The van der Waals surface area contributed by atoms with E-state index in [1.165, 1.54) is 0 Å². The van der Waals surface area contributed by atoms with Crippen LogP contribution in [0.2, 0.25) is 0 Å². The highest BCUT2D eigenvalue weighted by atomic mass is 32.1. The molecule has 1 aromatic heterocycles. The van der Waals surface area contributed by atoms with E-state index in [0.717, 1.165) is 38.5 Å². The number of aromatic nitrogens is 1. The third-order valence-electron chi connectivity index (χ3n) is 6.70. The van der Waals surface area contributed by atoms with E-state index in [0.29, 0.717) is 19.5 Å². The number of urea groups is 1. The summed E-state index contributed by atoms with van der Waals surface area (Å²) in [6.07, 6.45) is 2.25. The Morgan fingerprint density at radius 3 is 2.67 bits per heavy atom. The number of nitrogens with zero attached hydrogens (tertiary/aromatic N) is 3. The average Bonchev–Trinajstić information content (AvgIpc) is 3.40. The van der Waals surface area contributed by atoms with Crippen molar-refractivity contribution >= 4 is 39.4 Å². The van der Waals surface area contributed by atoms with E-state index in [1.54, 1.807) is 16.2 Å². The molecule has 3 heterocycles. The highest BCUT2D eigenvalue weighted by Crippen LogP contribution is 2.34. The van der Waals surface area contributed by atoms with Gasteiger partial charge in [0, 0.05) is 19.0 Å². The summed E-state index contributed by atoms with van der Waals surface area (Å²) in [7, 11) is 0. The van der Waals surface area contributed by atoms with Gasteiger partial charge in [0.25, 0.3) is 5.91 Å². The van der Waals surface area contributed by atoms with Gasteiger partial charge in [0.1, 0.15) is 12.1 Å². The molecule has 3 aromatic rings. The number of hydrogen-bond donors (Lipinski definition) is 1. The molecule has 8 heteroatoms. The molecule has 2 aromatic carbocycles. The molecular formula is C25H26N4O3S. The zero-order valence-corrected chi connectivity index (χ0v) is 19.3. The molecule has 0 radical (unpaired) electrons. The maximum absolute atomic E-state index is 13.3. The summed E-state index contributed by atoms with van der Waals surface area (Å²) >= 11 is 1.67. The van der Waals surface area contributed by atoms with Crippen molar-refractivity contribution in [3.05, 3.63) is 65.2 Å². The minimum Gasteiger partial charge on any atom is -0.340 e. The summed E-state index contributed by atoms with van der Waals surface area (Å²) in [5, 5.41) is 3.89. The fourth-order valence-corrected chi connectivity index (χ4v) is 5.93.